The minimum absolute atomic E-state index is 0.0275. The summed E-state index contributed by atoms with van der Waals surface area (Å²) in [5.41, 5.74) is 1.90. The Labute approximate surface area is 179 Å². The number of halogens is 1. The Morgan fingerprint density at radius 1 is 1.30 bits per heavy atom. The second kappa shape index (κ2) is 8.99. The Morgan fingerprint density at radius 2 is 2.00 bits per heavy atom. The zero-order valence-electron chi connectivity index (χ0n) is 17.0. The molecule has 160 valence electrons. The molecule has 0 aromatic heterocycles. The molecule has 4 rings (SSSR count). The maximum Gasteiger partial charge on any atom is 0.167 e. The van der Waals surface area contributed by atoms with E-state index in [1.165, 1.54) is 23.9 Å². The quantitative estimate of drug-likeness (QED) is 0.552. The number of piperidine rings is 1. The fraction of sp³-hybridized carbons (Fsp3) is 0.500. The summed E-state index contributed by atoms with van der Waals surface area (Å²) >= 11 is 1.30. The Balaban J connectivity index is 1.32. The lowest BCUT2D eigenvalue weighted by molar-refractivity contribution is -0.110. The molecular weight excluding hydrogens is 405 g/mol. The second-order valence-electron chi connectivity index (χ2n) is 8.05. The molecule has 0 radical (unpaired) electrons. The largest absolute Gasteiger partial charge is 0.380 e. The van der Waals surface area contributed by atoms with Gasteiger partial charge in [0.1, 0.15) is 23.6 Å². The second-order valence-corrected chi connectivity index (χ2v) is 9.19. The molecule has 1 aromatic carbocycles. The number of aldehydes is 1. The molecule has 30 heavy (non-hydrogen) atoms. The first-order chi connectivity index (χ1) is 14.5. The first-order valence-corrected chi connectivity index (χ1v) is 11.2. The third-order valence-corrected chi connectivity index (χ3v) is 7.13. The molecule has 8 heteroatoms. The van der Waals surface area contributed by atoms with Gasteiger partial charge in [-0.3, -0.25) is 4.79 Å². The van der Waals surface area contributed by atoms with Crippen LogP contribution in [0.1, 0.15) is 36.5 Å². The number of allylic oxidation sites excluding steroid dienone is 1. The predicted molar refractivity (Wildman–Crippen MR) is 115 cm³/mol. The molecule has 2 saturated heterocycles. The zero-order valence-corrected chi connectivity index (χ0v) is 17.8. The van der Waals surface area contributed by atoms with Crippen LogP contribution in [0.5, 0.6) is 0 Å². The topological polar surface area (TPSA) is 73.2 Å². The Bertz CT molecular complexity index is 878. The van der Waals surface area contributed by atoms with Crippen molar-refractivity contribution < 1.29 is 19.1 Å². The normalized spacial score (nSPS) is 25.3. The van der Waals surface area contributed by atoms with Crippen LogP contribution in [0.3, 0.4) is 0 Å². The van der Waals surface area contributed by atoms with Gasteiger partial charge in [0.05, 0.1) is 6.54 Å². The highest BCUT2D eigenvalue weighted by molar-refractivity contribution is 8.14. The molecule has 1 N–H and O–H groups in total. The standard InChI is InChI=1S/C22H26FN3O3S/c1-14-18(19(13-27)26-12-20(28)30-22(26)24-14)8-11-25-9-6-16(7-10-25)21(29)15-2-4-17(23)5-3-15/h2-5,13,16,19-20,28H,6-12H2,1H3/t19?,20-/m0/s1. The SMILES string of the molecule is CC1=C(CCN2CCC(C(=O)c3ccc(F)cc3)CC2)C(C=O)N2C[C@@H](O)SC2=N1. The molecular formula is C22H26FN3O3S. The lowest BCUT2D eigenvalue weighted by Crippen LogP contribution is -2.43. The summed E-state index contributed by atoms with van der Waals surface area (Å²) in [6, 6.07) is 5.42. The molecule has 0 aliphatic carbocycles. The molecule has 3 aliphatic heterocycles. The van der Waals surface area contributed by atoms with Crippen LogP contribution in [0, 0.1) is 11.7 Å². The number of carbonyl (C=O) groups excluding carboxylic acids is 2. The third kappa shape index (κ3) is 4.36. The highest BCUT2D eigenvalue weighted by Gasteiger charge is 2.38. The lowest BCUT2D eigenvalue weighted by Gasteiger charge is -2.34. The van der Waals surface area contributed by atoms with Gasteiger partial charge in [-0.15, -0.1) is 0 Å². The van der Waals surface area contributed by atoms with E-state index in [9.17, 15) is 19.1 Å². The number of aliphatic imine (C=N–C) groups is 1. The van der Waals surface area contributed by atoms with Gasteiger partial charge in [0.15, 0.2) is 11.0 Å². The number of aliphatic hydroxyl groups excluding tert-OH is 1. The summed E-state index contributed by atoms with van der Waals surface area (Å²) in [5.74, 6) is -0.269. The average molecular weight is 432 g/mol. The van der Waals surface area contributed by atoms with Crippen molar-refractivity contribution >= 4 is 29.0 Å². The summed E-state index contributed by atoms with van der Waals surface area (Å²) < 4.78 is 13.1. The fourth-order valence-electron chi connectivity index (χ4n) is 4.45. The summed E-state index contributed by atoms with van der Waals surface area (Å²) in [7, 11) is 0. The van der Waals surface area contributed by atoms with Crippen molar-refractivity contribution in [2.75, 3.05) is 26.2 Å². The van der Waals surface area contributed by atoms with Crippen molar-refractivity contribution in [2.24, 2.45) is 10.9 Å². The van der Waals surface area contributed by atoms with Gasteiger partial charge in [0.25, 0.3) is 0 Å². The van der Waals surface area contributed by atoms with Gasteiger partial charge in [-0.25, -0.2) is 9.38 Å². The molecule has 2 fully saturated rings. The number of likely N-dealkylation sites (tertiary alicyclic amines) is 1. The maximum atomic E-state index is 13.1. The van der Waals surface area contributed by atoms with Crippen molar-refractivity contribution in [3.05, 3.63) is 46.9 Å². The van der Waals surface area contributed by atoms with Crippen LogP contribution in [0.4, 0.5) is 4.39 Å². The molecule has 0 saturated carbocycles. The van der Waals surface area contributed by atoms with E-state index in [1.54, 1.807) is 12.1 Å². The number of nitrogens with zero attached hydrogens (tertiary/aromatic N) is 3. The van der Waals surface area contributed by atoms with Crippen molar-refractivity contribution in [1.82, 2.24) is 9.80 Å². The number of benzene rings is 1. The number of Topliss-reactive ketones (excluding diaryl/α,β-unsaturated/α-hetero) is 1. The molecule has 1 aromatic rings. The third-order valence-electron chi connectivity index (χ3n) is 6.17. The van der Waals surface area contributed by atoms with Crippen molar-refractivity contribution in [1.29, 1.82) is 0 Å². The molecule has 0 amide bonds. The van der Waals surface area contributed by atoms with Crippen LogP contribution in [0.25, 0.3) is 0 Å². The first-order valence-electron chi connectivity index (χ1n) is 10.3. The summed E-state index contributed by atoms with van der Waals surface area (Å²) in [4.78, 5) is 33.2. The number of fused-ring (bicyclic) bond motifs is 1. The number of hydrogen-bond donors (Lipinski definition) is 1. The van der Waals surface area contributed by atoms with Crippen LogP contribution >= 0.6 is 11.8 Å². The monoisotopic (exact) mass is 431 g/mol. The van der Waals surface area contributed by atoms with E-state index in [4.69, 9.17) is 0 Å². The number of aliphatic hydroxyl groups is 1. The van der Waals surface area contributed by atoms with Gasteiger partial charge in [-0.05, 0) is 69.1 Å². The minimum atomic E-state index is -0.545. The minimum Gasteiger partial charge on any atom is -0.380 e. The van der Waals surface area contributed by atoms with E-state index in [1.807, 2.05) is 11.8 Å². The molecule has 1 unspecified atom stereocenters. The van der Waals surface area contributed by atoms with E-state index in [0.717, 1.165) is 61.6 Å². The van der Waals surface area contributed by atoms with Crippen molar-refractivity contribution in [3.8, 4) is 0 Å². The first kappa shape index (κ1) is 21.2. The van der Waals surface area contributed by atoms with Gasteiger partial charge >= 0.3 is 0 Å². The zero-order chi connectivity index (χ0) is 21.3. The summed E-state index contributed by atoms with van der Waals surface area (Å²) in [6.45, 7) is 4.80. The summed E-state index contributed by atoms with van der Waals surface area (Å²) in [6.07, 6.45) is 3.24. The number of hydrogen-bond acceptors (Lipinski definition) is 7. The smallest absolute Gasteiger partial charge is 0.167 e. The average Bonchev–Trinajstić information content (AvgIpc) is 3.11. The van der Waals surface area contributed by atoms with Gasteiger partial charge < -0.3 is 19.7 Å². The molecule has 3 heterocycles. The van der Waals surface area contributed by atoms with E-state index >= 15 is 0 Å². The summed E-state index contributed by atoms with van der Waals surface area (Å²) in [5, 5.41) is 10.6. The molecule has 3 aliphatic rings. The van der Waals surface area contributed by atoms with Gasteiger partial charge in [-0.2, -0.15) is 0 Å². The number of amidine groups is 1. The Morgan fingerprint density at radius 3 is 2.67 bits per heavy atom. The highest BCUT2D eigenvalue weighted by Crippen LogP contribution is 2.34. The van der Waals surface area contributed by atoms with Gasteiger partial charge in [0.2, 0.25) is 0 Å². The van der Waals surface area contributed by atoms with Gasteiger partial charge in [-0.1, -0.05) is 11.8 Å². The maximum absolute atomic E-state index is 13.1. The van der Waals surface area contributed by atoms with Crippen LogP contribution in [-0.4, -0.2) is 69.8 Å². The van der Waals surface area contributed by atoms with Crippen LogP contribution in [-0.2, 0) is 4.79 Å². The van der Waals surface area contributed by atoms with Crippen molar-refractivity contribution in [3.63, 3.8) is 0 Å². The lowest BCUT2D eigenvalue weighted by atomic mass is 9.88. The van der Waals surface area contributed by atoms with Crippen LogP contribution in [0.2, 0.25) is 0 Å². The number of ketones is 1. The molecule has 0 spiro atoms. The molecule has 2 atom stereocenters. The fourth-order valence-corrected chi connectivity index (χ4v) is 5.44. The predicted octanol–water partition coefficient (Wildman–Crippen LogP) is 2.69. The Hall–Kier alpha value is -2.03. The van der Waals surface area contributed by atoms with Crippen LogP contribution in [0.15, 0.2) is 40.5 Å². The molecule has 0 bridgehead atoms. The highest BCUT2D eigenvalue weighted by atomic mass is 32.2. The number of rotatable bonds is 6. The van der Waals surface area contributed by atoms with Crippen molar-refractivity contribution in [2.45, 2.75) is 37.7 Å². The molecule has 6 nitrogen and oxygen atoms in total. The van der Waals surface area contributed by atoms with Crippen LogP contribution < -0.4 is 0 Å². The number of thioether (sulfide) groups is 1. The van der Waals surface area contributed by atoms with E-state index in [0.29, 0.717) is 12.1 Å². The number of carbonyl (C=O) groups is 2. The van der Waals surface area contributed by atoms with E-state index < -0.39 is 5.44 Å². The van der Waals surface area contributed by atoms with E-state index in [2.05, 4.69) is 9.89 Å². The van der Waals surface area contributed by atoms with E-state index in [-0.39, 0.29) is 23.6 Å². The Kier molecular flexibility index (Phi) is 6.36. The van der Waals surface area contributed by atoms with Gasteiger partial charge in [0, 0.05) is 23.7 Å².